The Morgan fingerprint density at radius 3 is 2.92 bits per heavy atom. The molecule has 0 amide bonds. The van der Waals surface area contributed by atoms with Crippen molar-refractivity contribution in [2.75, 3.05) is 13.3 Å². The van der Waals surface area contributed by atoms with E-state index in [9.17, 15) is 0 Å². The first-order valence-corrected chi connectivity index (χ1v) is 9.98. The average Bonchev–Trinajstić information content (AvgIpc) is 3.38. The Morgan fingerprint density at radius 1 is 1.12 bits per heavy atom. The summed E-state index contributed by atoms with van der Waals surface area (Å²) in [5.41, 5.74) is 3.37. The van der Waals surface area contributed by atoms with Crippen LogP contribution in [-0.2, 0) is 22.3 Å². The molecule has 1 aliphatic carbocycles. The highest BCUT2D eigenvalue weighted by atomic mass is 32.1. The maximum absolute atomic E-state index is 15.7. The lowest BCUT2D eigenvalue weighted by Crippen LogP contribution is -2.35. The van der Waals surface area contributed by atoms with E-state index in [2.05, 4.69) is 17.5 Å². The Hall–Kier alpha value is -1.27. The average molecular weight is 359 g/mol. The van der Waals surface area contributed by atoms with Crippen LogP contribution in [0.5, 0.6) is 0 Å². The fourth-order valence-electron chi connectivity index (χ4n) is 4.59. The number of fused-ring (bicyclic) bond motifs is 2. The summed E-state index contributed by atoms with van der Waals surface area (Å²) in [6.45, 7) is 0.897. The fourth-order valence-corrected chi connectivity index (χ4v) is 5.44. The van der Waals surface area contributed by atoms with E-state index in [1.54, 1.807) is 11.3 Å². The molecule has 0 saturated carbocycles. The van der Waals surface area contributed by atoms with Crippen LogP contribution < -0.4 is 0 Å². The molecule has 2 saturated heterocycles. The van der Waals surface area contributed by atoms with Crippen molar-refractivity contribution in [2.45, 2.75) is 50.2 Å². The summed E-state index contributed by atoms with van der Waals surface area (Å²) >= 11 is 1.72. The van der Waals surface area contributed by atoms with Crippen molar-refractivity contribution in [1.29, 1.82) is 0 Å². The summed E-state index contributed by atoms with van der Waals surface area (Å²) in [7, 11) is 0. The molecule has 132 valence electrons. The molecule has 2 aliphatic heterocycles. The third kappa shape index (κ3) is 2.65. The molecule has 5 heteroatoms. The summed E-state index contributed by atoms with van der Waals surface area (Å²) in [5.74, 6) is 0.185. The molecule has 5 rings (SSSR count). The van der Waals surface area contributed by atoms with Crippen molar-refractivity contribution >= 4 is 11.3 Å². The molecule has 0 radical (unpaired) electrons. The fraction of sp³-hybridized carbons (Fsp3) is 0.500. The molecule has 4 atom stereocenters. The summed E-state index contributed by atoms with van der Waals surface area (Å²) in [5, 5.41) is 2.07. The van der Waals surface area contributed by atoms with E-state index in [1.165, 1.54) is 22.4 Å². The highest BCUT2D eigenvalue weighted by Gasteiger charge is 2.50. The molecule has 4 unspecified atom stereocenters. The molecular weight excluding hydrogens is 337 g/mol. The Kier molecular flexibility index (Phi) is 4.13. The normalized spacial score (nSPS) is 30.2. The molecule has 3 heterocycles. The Bertz CT molecular complexity index is 750. The van der Waals surface area contributed by atoms with Gasteiger partial charge >= 0.3 is 0 Å². The minimum atomic E-state index is -1.13. The van der Waals surface area contributed by atoms with Crippen molar-refractivity contribution in [1.82, 2.24) is 4.90 Å². The lowest BCUT2D eigenvalue weighted by molar-refractivity contribution is -0.0669. The number of ether oxygens (including phenoxy) is 2. The summed E-state index contributed by atoms with van der Waals surface area (Å²) in [4.78, 5) is 3.12. The van der Waals surface area contributed by atoms with Gasteiger partial charge < -0.3 is 9.47 Å². The van der Waals surface area contributed by atoms with Crippen LogP contribution in [0.1, 0.15) is 46.6 Å². The van der Waals surface area contributed by atoms with Gasteiger partial charge in [0.1, 0.15) is 19.1 Å². The first-order chi connectivity index (χ1) is 12.3. The summed E-state index contributed by atoms with van der Waals surface area (Å²) in [6.07, 6.45) is 2.92. The van der Waals surface area contributed by atoms with Crippen molar-refractivity contribution in [2.24, 2.45) is 0 Å². The van der Waals surface area contributed by atoms with E-state index in [0.29, 0.717) is 6.54 Å². The Balaban J connectivity index is 1.47. The maximum atomic E-state index is 15.7. The van der Waals surface area contributed by atoms with Gasteiger partial charge in [-0.1, -0.05) is 24.3 Å². The van der Waals surface area contributed by atoms with Crippen molar-refractivity contribution < 1.29 is 13.9 Å². The molecule has 3 nitrogen and oxygen atoms in total. The van der Waals surface area contributed by atoms with Gasteiger partial charge in [-0.25, -0.2) is 9.29 Å². The van der Waals surface area contributed by atoms with Crippen molar-refractivity contribution in [3.8, 4) is 0 Å². The highest BCUT2D eigenvalue weighted by Crippen LogP contribution is 2.44. The Morgan fingerprint density at radius 2 is 2.04 bits per heavy atom. The second-order valence-corrected chi connectivity index (χ2v) is 8.13. The van der Waals surface area contributed by atoms with Crippen LogP contribution >= 0.6 is 11.3 Å². The van der Waals surface area contributed by atoms with E-state index >= 15 is 4.39 Å². The van der Waals surface area contributed by atoms with Crippen LogP contribution in [-0.4, -0.2) is 30.6 Å². The van der Waals surface area contributed by atoms with E-state index in [-0.39, 0.29) is 25.0 Å². The number of rotatable bonds is 3. The van der Waals surface area contributed by atoms with Gasteiger partial charge in [0, 0.05) is 22.9 Å². The van der Waals surface area contributed by atoms with Gasteiger partial charge in [-0.2, -0.15) is 0 Å². The number of hydrogen-bond donors (Lipinski definition) is 0. The molecule has 0 N–H and O–H groups in total. The zero-order valence-electron chi connectivity index (χ0n) is 14.1. The first-order valence-electron chi connectivity index (χ1n) is 9.10. The maximum Gasteiger partial charge on any atom is 0.181 e. The van der Waals surface area contributed by atoms with Crippen LogP contribution in [0.25, 0.3) is 0 Å². The predicted octanol–water partition coefficient (Wildman–Crippen LogP) is 4.39. The molecule has 25 heavy (non-hydrogen) atoms. The molecule has 0 bridgehead atoms. The third-order valence-electron chi connectivity index (χ3n) is 5.80. The molecule has 3 aliphatic rings. The minimum Gasteiger partial charge on any atom is -0.347 e. The number of thiophene rings is 1. The molecule has 2 fully saturated rings. The predicted molar refractivity (Wildman–Crippen MR) is 95.3 cm³/mol. The number of aryl methyl sites for hydroxylation is 1. The van der Waals surface area contributed by atoms with Crippen LogP contribution in [0.2, 0.25) is 0 Å². The van der Waals surface area contributed by atoms with Gasteiger partial charge in [-0.15, -0.1) is 11.3 Å². The van der Waals surface area contributed by atoms with Crippen molar-refractivity contribution in [3.05, 3.63) is 57.3 Å². The Labute approximate surface area is 151 Å². The van der Waals surface area contributed by atoms with Gasteiger partial charge in [-0.3, -0.25) is 0 Å². The van der Waals surface area contributed by atoms with Crippen LogP contribution in [0.15, 0.2) is 35.7 Å². The summed E-state index contributed by atoms with van der Waals surface area (Å²) in [6, 6.07) is 10.3. The first kappa shape index (κ1) is 15.9. The van der Waals surface area contributed by atoms with E-state index in [4.69, 9.17) is 9.47 Å². The number of alkyl halides is 1. The number of nitrogens with zero attached hydrogens (tertiary/aromatic N) is 1. The standard InChI is InChI=1S/C20H22FNO2S/c21-19(15-8-3-6-13-5-1-2-7-14(13)15)22-11-16(17-9-4-10-25-17)18-20(22)24-12-23-18/h3-4,6,8-10,16,18-20H,1-2,5,7,11-12H2. The van der Waals surface area contributed by atoms with Gasteiger partial charge in [0.2, 0.25) is 0 Å². The number of hydrogen-bond acceptors (Lipinski definition) is 4. The molecule has 2 aromatic rings. The lowest BCUT2D eigenvalue weighted by atomic mass is 9.88. The monoisotopic (exact) mass is 359 g/mol. The van der Waals surface area contributed by atoms with Gasteiger partial charge in [0.25, 0.3) is 0 Å². The highest BCUT2D eigenvalue weighted by molar-refractivity contribution is 7.10. The zero-order valence-corrected chi connectivity index (χ0v) is 14.9. The topological polar surface area (TPSA) is 21.7 Å². The zero-order chi connectivity index (χ0) is 16.8. The van der Waals surface area contributed by atoms with Gasteiger partial charge in [0.05, 0.1) is 0 Å². The second-order valence-electron chi connectivity index (χ2n) is 7.15. The van der Waals surface area contributed by atoms with Crippen LogP contribution in [0.4, 0.5) is 4.39 Å². The SMILES string of the molecule is FC(c1cccc2c1CCCC2)N1CC(c2cccs2)C2OCOC21. The van der Waals surface area contributed by atoms with Crippen molar-refractivity contribution in [3.63, 3.8) is 0 Å². The quantitative estimate of drug-likeness (QED) is 0.759. The molecule has 1 aromatic heterocycles. The second kappa shape index (κ2) is 6.47. The number of likely N-dealkylation sites (tertiary alicyclic amines) is 1. The van der Waals surface area contributed by atoms with Crippen LogP contribution in [0.3, 0.4) is 0 Å². The molecule has 1 aromatic carbocycles. The number of benzene rings is 1. The smallest absolute Gasteiger partial charge is 0.181 e. The minimum absolute atomic E-state index is 0.0727. The lowest BCUT2D eigenvalue weighted by Gasteiger charge is -2.29. The van der Waals surface area contributed by atoms with E-state index in [1.807, 2.05) is 23.1 Å². The molecule has 0 spiro atoms. The van der Waals surface area contributed by atoms with Gasteiger partial charge in [0.15, 0.2) is 6.30 Å². The molecular formula is C20H22FNO2S. The number of halogens is 1. The third-order valence-corrected chi connectivity index (χ3v) is 6.80. The van der Waals surface area contributed by atoms with Crippen LogP contribution in [0, 0.1) is 0 Å². The van der Waals surface area contributed by atoms with E-state index < -0.39 is 6.30 Å². The largest absolute Gasteiger partial charge is 0.347 e. The van der Waals surface area contributed by atoms with Gasteiger partial charge in [-0.05, 0) is 48.3 Å². The summed E-state index contributed by atoms with van der Waals surface area (Å²) < 4.78 is 27.3. The van der Waals surface area contributed by atoms with E-state index in [0.717, 1.165) is 24.8 Å².